The minimum absolute atomic E-state index is 0.0290. The standard InChI is InChI=1S/C28H28BrFN2O/c1-19-12-20(2)14-21(13-19)17-31-10-8-28(9-11-31)18-32(26-7-6-24(30)16-25(26)28)27(33)22-4-3-5-23(29)15-22/h3-7,12-16H,8-11,17-18H2,1-2H3. The van der Waals surface area contributed by atoms with E-state index >= 15 is 0 Å². The van der Waals surface area contributed by atoms with Crippen LogP contribution in [-0.2, 0) is 12.0 Å². The van der Waals surface area contributed by atoms with Crippen LogP contribution in [0.5, 0.6) is 0 Å². The van der Waals surface area contributed by atoms with Crippen LogP contribution in [0.25, 0.3) is 0 Å². The molecule has 3 nitrogen and oxygen atoms in total. The molecule has 33 heavy (non-hydrogen) atoms. The van der Waals surface area contributed by atoms with E-state index in [0.29, 0.717) is 12.1 Å². The van der Waals surface area contributed by atoms with Crippen LogP contribution in [0, 0.1) is 19.7 Å². The summed E-state index contributed by atoms with van der Waals surface area (Å²) in [6.07, 6.45) is 1.83. The van der Waals surface area contributed by atoms with Crippen molar-refractivity contribution in [1.29, 1.82) is 0 Å². The summed E-state index contributed by atoms with van der Waals surface area (Å²) in [4.78, 5) is 17.8. The van der Waals surface area contributed by atoms with Crippen LogP contribution in [0.4, 0.5) is 10.1 Å². The number of anilines is 1. The molecule has 1 saturated heterocycles. The van der Waals surface area contributed by atoms with E-state index in [-0.39, 0.29) is 17.1 Å². The van der Waals surface area contributed by atoms with Crippen molar-refractivity contribution in [2.45, 2.75) is 38.6 Å². The number of aryl methyl sites for hydroxylation is 2. The predicted molar refractivity (Wildman–Crippen MR) is 134 cm³/mol. The molecule has 0 bridgehead atoms. The van der Waals surface area contributed by atoms with Crippen LogP contribution >= 0.6 is 15.9 Å². The lowest BCUT2D eigenvalue weighted by Crippen LogP contribution is -2.45. The first-order valence-electron chi connectivity index (χ1n) is 11.5. The quantitative estimate of drug-likeness (QED) is 0.410. The third kappa shape index (κ3) is 4.36. The van der Waals surface area contributed by atoms with Gasteiger partial charge in [0.15, 0.2) is 0 Å². The Kier molecular flexibility index (Phi) is 5.87. The van der Waals surface area contributed by atoms with Crippen molar-refractivity contribution in [3.05, 3.63) is 98.8 Å². The van der Waals surface area contributed by atoms with Crippen LogP contribution in [0.2, 0.25) is 0 Å². The Morgan fingerprint density at radius 3 is 2.42 bits per heavy atom. The van der Waals surface area contributed by atoms with Crippen molar-refractivity contribution in [3.8, 4) is 0 Å². The molecule has 0 unspecified atom stereocenters. The van der Waals surface area contributed by atoms with E-state index in [1.165, 1.54) is 22.8 Å². The molecule has 5 heteroatoms. The average molecular weight is 507 g/mol. The Hall–Kier alpha value is -2.50. The molecule has 1 fully saturated rings. The molecular formula is C28H28BrFN2O. The lowest BCUT2D eigenvalue weighted by atomic mass is 9.74. The van der Waals surface area contributed by atoms with Gasteiger partial charge in [0, 0.05) is 34.2 Å². The Morgan fingerprint density at radius 1 is 1.00 bits per heavy atom. The van der Waals surface area contributed by atoms with Crippen molar-refractivity contribution < 1.29 is 9.18 Å². The molecule has 3 aromatic carbocycles. The van der Waals surface area contributed by atoms with Gasteiger partial charge >= 0.3 is 0 Å². The van der Waals surface area contributed by atoms with Gasteiger partial charge in [-0.25, -0.2) is 4.39 Å². The van der Waals surface area contributed by atoms with Crippen molar-refractivity contribution in [3.63, 3.8) is 0 Å². The largest absolute Gasteiger partial charge is 0.307 e. The number of fused-ring (bicyclic) bond motifs is 2. The van der Waals surface area contributed by atoms with Gasteiger partial charge in [0.1, 0.15) is 5.82 Å². The number of benzene rings is 3. The maximum atomic E-state index is 14.3. The van der Waals surface area contributed by atoms with Crippen molar-refractivity contribution in [1.82, 2.24) is 4.90 Å². The van der Waals surface area contributed by atoms with Crippen molar-refractivity contribution in [2.24, 2.45) is 0 Å². The number of hydrogen-bond acceptors (Lipinski definition) is 2. The average Bonchev–Trinajstić information content (AvgIpc) is 3.07. The molecule has 2 aliphatic heterocycles. The van der Waals surface area contributed by atoms with Gasteiger partial charge in [-0.15, -0.1) is 0 Å². The molecule has 0 radical (unpaired) electrons. The van der Waals surface area contributed by atoms with Crippen LogP contribution in [0.15, 0.2) is 65.1 Å². The Balaban J connectivity index is 1.39. The Labute approximate surface area is 203 Å². The molecule has 1 amide bonds. The zero-order valence-corrected chi connectivity index (χ0v) is 20.7. The Bertz CT molecular complexity index is 1200. The monoisotopic (exact) mass is 506 g/mol. The molecule has 170 valence electrons. The zero-order valence-electron chi connectivity index (χ0n) is 19.1. The Morgan fingerprint density at radius 2 is 1.73 bits per heavy atom. The van der Waals surface area contributed by atoms with Gasteiger partial charge in [-0.05, 0) is 87.3 Å². The van der Waals surface area contributed by atoms with E-state index in [9.17, 15) is 9.18 Å². The number of likely N-dealkylation sites (tertiary alicyclic amines) is 1. The molecule has 0 atom stereocenters. The smallest absolute Gasteiger partial charge is 0.258 e. The molecular weight excluding hydrogens is 479 g/mol. The number of carbonyl (C=O) groups is 1. The summed E-state index contributed by atoms with van der Waals surface area (Å²) >= 11 is 3.47. The van der Waals surface area contributed by atoms with E-state index in [1.807, 2.05) is 29.2 Å². The van der Waals surface area contributed by atoms with E-state index in [2.05, 4.69) is 52.9 Å². The minimum atomic E-state index is -0.234. The van der Waals surface area contributed by atoms with Crippen molar-refractivity contribution >= 4 is 27.5 Å². The van der Waals surface area contributed by atoms with Crippen LogP contribution in [0.3, 0.4) is 0 Å². The fourth-order valence-electron chi connectivity index (χ4n) is 5.59. The molecule has 2 heterocycles. The number of piperidine rings is 1. The van der Waals surface area contributed by atoms with Gasteiger partial charge in [-0.1, -0.05) is 51.3 Å². The molecule has 1 spiro atoms. The third-order valence-corrected chi connectivity index (χ3v) is 7.59. The fourth-order valence-corrected chi connectivity index (χ4v) is 5.98. The van der Waals surface area contributed by atoms with E-state index in [1.54, 1.807) is 12.1 Å². The lowest BCUT2D eigenvalue weighted by Gasteiger charge is -2.40. The number of amides is 1. The third-order valence-electron chi connectivity index (χ3n) is 7.10. The summed E-state index contributed by atoms with van der Waals surface area (Å²) in [7, 11) is 0. The highest BCUT2D eigenvalue weighted by Gasteiger charge is 2.46. The number of halogens is 2. The van der Waals surface area contributed by atoms with Crippen LogP contribution in [0.1, 0.15) is 45.5 Å². The van der Waals surface area contributed by atoms with Gasteiger partial charge in [0.2, 0.25) is 0 Å². The molecule has 3 aromatic rings. The second kappa shape index (κ2) is 8.69. The first-order valence-corrected chi connectivity index (χ1v) is 12.3. The second-order valence-corrected chi connectivity index (χ2v) is 10.5. The van der Waals surface area contributed by atoms with Gasteiger partial charge < -0.3 is 4.90 Å². The van der Waals surface area contributed by atoms with E-state index in [4.69, 9.17) is 0 Å². The van der Waals surface area contributed by atoms with Gasteiger partial charge in [-0.3, -0.25) is 9.69 Å². The highest BCUT2D eigenvalue weighted by molar-refractivity contribution is 9.10. The summed E-state index contributed by atoms with van der Waals surface area (Å²) < 4.78 is 15.2. The number of hydrogen-bond donors (Lipinski definition) is 0. The van der Waals surface area contributed by atoms with Crippen LogP contribution in [-0.4, -0.2) is 30.4 Å². The highest BCUT2D eigenvalue weighted by Crippen LogP contribution is 2.48. The minimum Gasteiger partial charge on any atom is -0.307 e. The van der Waals surface area contributed by atoms with Gasteiger partial charge in [-0.2, -0.15) is 0 Å². The molecule has 0 aliphatic carbocycles. The normalized spacial score (nSPS) is 17.4. The number of carbonyl (C=O) groups excluding carboxylic acids is 1. The summed E-state index contributed by atoms with van der Waals surface area (Å²) in [6, 6.07) is 19.1. The predicted octanol–water partition coefficient (Wildman–Crippen LogP) is 6.40. The molecule has 0 saturated carbocycles. The molecule has 0 N–H and O–H groups in total. The highest BCUT2D eigenvalue weighted by atomic mass is 79.9. The van der Waals surface area contributed by atoms with Crippen molar-refractivity contribution in [2.75, 3.05) is 24.5 Å². The number of rotatable bonds is 3. The van der Waals surface area contributed by atoms with Gasteiger partial charge in [0.05, 0.1) is 0 Å². The van der Waals surface area contributed by atoms with Crippen LogP contribution < -0.4 is 4.90 Å². The van der Waals surface area contributed by atoms with Gasteiger partial charge in [0.25, 0.3) is 5.91 Å². The summed E-state index contributed by atoms with van der Waals surface area (Å²) in [5.41, 5.74) is 6.21. The number of nitrogens with zero attached hydrogens (tertiary/aromatic N) is 2. The topological polar surface area (TPSA) is 23.6 Å². The van der Waals surface area contributed by atoms with E-state index < -0.39 is 0 Å². The molecule has 5 rings (SSSR count). The maximum absolute atomic E-state index is 14.3. The maximum Gasteiger partial charge on any atom is 0.258 e. The van der Waals surface area contributed by atoms with E-state index in [0.717, 1.165) is 48.2 Å². The summed E-state index contributed by atoms with van der Waals surface area (Å²) in [5.74, 6) is -0.263. The zero-order chi connectivity index (χ0) is 23.2. The molecule has 0 aromatic heterocycles. The summed E-state index contributed by atoms with van der Waals surface area (Å²) in [6.45, 7) is 7.68. The SMILES string of the molecule is Cc1cc(C)cc(CN2CCC3(CC2)CN(C(=O)c2cccc(Br)c2)c2ccc(F)cc23)c1. The second-order valence-electron chi connectivity index (χ2n) is 9.62. The lowest BCUT2D eigenvalue weighted by molar-refractivity contribution is 0.0975. The summed E-state index contributed by atoms with van der Waals surface area (Å²) in [5, 5.41) is 0. The first kappa shape index (κ1) is 22.3. The molecule has 2 aliphatic rings. The fraction of sp³-hybridized carbons (Fsp3) is 0.321. The first-order chi connectivity index (χ1) is 15.8.